The Labute approximate surface area is 152 Å². The van der Waals surface area contributed by atoms with Crippen molar-refractivity contribution in [1.29, 1.82) is 0 Å². The third-order valence-corrected chi connectivity index (χ3v) is 5.48. The molecule has 1 spiro atoms. The SMILES string of the molecule is COc1ccc(CC(=O)Nc2ccc3c(c2)C2(CCCC2)C(=O)N3)cc1. The summed E-state index contributed by atoms with van der Waals surface area (Å²) in [6.07, 6.45) is 4.20. The molecule has 0 bridgehead atoms. The van der Waals surface area contributed by atoms with E-state index < -0.39 is 5.41 Å². The first-order chi connectivity index (χ1) is 12.6. The number of carbonyl (C=O) groups is 2. The van der Waals surface area contributed by atoms with Gasteiger partial charge in [-0.25, -0.2) is 0 Å². The van der Waals surface area contributed by atoms with Crippen LogP contribution in [0.15, 0.2) is 42.5 Å². The molecule has 2 aromatic rings. The van der Waals surface area contributed by atoms with Crippen LogP contribution in [0.4, 0.5) is 11.4 Å². The minimum absolute atomic E-state index is 0.0760. The molecule has 0 saturated heterocycles. The number of hydrogen-bond donors (Lipinski definition) is 2. The zero-order valence-electron chi connectivity index (χ0n) is 14.8. The first-order valence-electron chi connectivity index (χ1n) is 8.99. The van der Waals surface area contributed by atoms with Crippen LogP contribution in [0.1, 0.15) is 36.8 Å². The van der Waals surface area contributed by atoms with Crippen molar-refractivity contribution in [3.8, 4) is 5.75 Å². The summed E-state index contributed by atoms with van der Waals surface area (Å²) in [4.78, 5) is 24.9. The van der Waals surface area contributed by atoms with Gasteiger partial charge in [0.2, 0.25) is 11.8 Å². The van der Waals surface area contributed by atoms with Crippen LogP contribution in [-0.2, 0) is 21.4 Å². The number of nitrogens with one attached hydrogen (secondary N) is 2. The Kier molecular flexibility index (Phi) is 4.15. The lowest BCUT2D eigenvalue weighted by Crippen LogP contribution is -2.31. The number of rotatable bonds is 4. The molecule has 2 amide bonds. The fourth-order valence-electron chi connectivity index (χ4n) is 4.10. The van der Waals surface area contributed by atoms with Gasteiger partial charge in [0, 0.05) is 11.4 Å². The highest BCUT2D eigenvalue weighted by Gasteiger charge is 2.48. The molecule has 2 aliphatic rings. The molecular weight excluding hydrogens is 328 g/mol. The van der Waals surface area contributed by atoms with E-state index in [-0.39, 0.29) is 11.8 Å². The second-order valence-electron chi connectivity index (χ2n) is 7.08. The molecule has 134 valence electrons. The number of benzene rings is 2. The van der Waals surface area contributed by atoms with E-state index in [0.717, 1.165) is 53.9 Å². The van der Waals surface area contributed by atoms with Crippen LogP contribution in [0, 0.1) is 0 Å². The van der Waals surface area contributed by atoms with Gasteiger partial charge in [-0.15, -0.1) is 0 Å². The largest absolute Gasteiger partial charge is 0.497 e. The van der Waals surface area contributed by atoms with Crippen molar-refractivity contribution >= 4 is 23.2 Å². The van der Waals surface area contributed by atoms with Gasteiger partial charge in [-0.3, -0.25) is 9.59 Å². The Morgan fingerprint density at radius 3 is 2.58 bits per heavy atom. The molecule has 2 N–H and O–H groups in total. The first kappa shape index (κ1) is 16.6. The molecule has 2 aromatic carbocycles. The summed E-state index contributed by atoms with van der Waals surface area (Å²) in [5, 5.41) is 5.96. The Hall–Kier alpha value is -2.82. The van der Waals surface area contributed by atoms with Gasteiger partial charge >= 0.3 is 0 Å². The van der Waals surface area contributed by atoms with Crippen molar-refractivity contribution in [2.24, 2.45) is 0 Å². The van der Waals surface area contributed by atoms with Gasteiger partial charge < -0.3 is 15.4 Å². The smallest absolute Gasteiger partial charge is 0.235 e. The summed E-state index contributed by atoms with van der Waals surface area (Å²) in [6.45, 7) is 0. The number of fused-ring (bicyclic) bond motifs is 2. The summed E-state index contributed by atoms with van der Waals surface area (Å²) < 4.78 is 5.13. The van der Waals surface area contributed by atoms with E-state index in [0.29, 0.717) is 6.42 Å². The van der Waals surface area contributed by atoms with Crippen LogP contribution >= 0.6 is 0 Å². The van der Waals surface area contributed by atoms with E-state index in [2.05, 4.69) is 10.6 Å². The van der Waals surface area contributed by atoms with Crippen LogP contribution in [-0.4, -0.2) is 18.9 Å². The van der Waals surface area contributed by atoms with Crippen molar-refractivity contribution in [3.05, 3.63) is 53.6 Å². The maximum atomic E-state index is 12.5. The predicted molar refractivity (Wildman–Crippen MR) is 101 cm³/mol. The maximum Gasteiger partial charge on any atom is 0.235 e. The molecule has 5 nitrogen and oxygen atoms in total. The second kappa shape index (κ2) is 6.48. The molecule has 1 saturated carbocycles. The molecule has 1 aliphatic carbocycles. The number of amides is 2. The van der Waals surface area contributed by atoms with Gasteiger partial charge in [-0.1, -0.05) is 25.0 Å². The lowest BCUT2D eigenvalue weighted by molar-refractivity contribution is -0.120. The van der Waals surface area contributed by atoms with E-state index in [1.165, 1.54) is 0 Å². The second-order valence-corrected chi connectivity index (χ2v) is 7.08. The van der Waals surface area contributed by atoms with Crippen LogP contribution in [0.2, 0.25) is 0 Å². The fraction of sp³-hybridized carbons (Fsp3) is 0.333. The quantitative estimate of drug-likeness (QED) is 0.885. The van der Waals surface area contributed by atoms with Gasteiger partial charge in [0.25, 0.3) is 0 Å². The van der Waals surface area contributed by atoms with Gasteiger partial charge in [-0.2, -0.15) is 0 Å². The molecule has 26 heavy (non-hydrogen) atoms. The Morgan fingerprint density at radius 1 is 1.15 bits per heavy atom. The molecular formula is C21H22N2O3. The van der Waals surface area contributed by atoms with Crippen LogP contribution in [0.3, 0.4) is 0 Å². The Morgan fingerprint density at radius 2 is 1.88 bits per heavy atom. The lowest BCUT2D eigenvalue weighted by Gasteiger charge is -2.21. The Bertz CT molecular complexity index is 852. The summed E-state index contributed by atoms with van der Waals surface area (Å²) in [5.41, 5.74) is 3.18. The monoisotopic (exact) mass is 350 g/mol. The molecule has 0 aromatic heterocycles. The van der Waals surface area contributed by atoms with Crippen molar-refractivity contribution < 1.29 is 14.3 Å². The standard InChI is InChI=1S/C21H22N2O3/c1-26-16-7-4-14(5-8-16)12-19(24)22-15-6-9-18-17(13-15)21(20(25)23-18)10-2-3-11-21/h4-9,13H,2-3,10-12H2,1H3,(H,22,24)(H,23,25). The molecule has 0 atom stereocenters. The van der Waals surface area contributed by atoms with Gasteiger partial charge in [0.1, 0.15) is 5.75 Å². The van der Waals surface area contributed by atoms with E-state index in [1.54, 1.807) is 7.11 Å². The average Bonchev–Trinajstić information content (AvgIpc) is 3.23. The summed E-state index contributed by atoms with van der Waals surface area (Å²) in [5.74, 6) is 0.798. The van der Waals surface area contributed by atoms with E-state index in [9.17, 15) is 9.59 Å². The highest BCUT2D eigenvalue weighted by Crippen LogP contribution is 2.49. The van der Waals surface area contributed by atoms with Crippen LogP contribution in [0.25, 0.3) is 0 Å². The average molecular weight is 350 g/mol. The normalized spacial score (nSPS) is 17.0. The highest BCUT2D eigenvalue weighted by atomic mass is 16.5. The predicted octanol–water partition coefficient (Wildman–Crippen LogP) is 3.64. The third kappa shape index (κ3) is 2.83. The fourth-order valence-corrected chi connectivity index (χ4v) is 4.10. The lowest BCUT2D eigenvalue weighted by atomic mass is 9.80. The number of carbonyl (C=O) groups excluding carboxylic acids is 2. The summed E-state index contributed by atoms with van der Waals surface area (Å²) in [6, 6.07) is 13.2. The molecule has 5 heteroatoms. The molecule has 1 aliphatic heterocycles. The molecule has 1 heterocycles. The van der Waals surface area contributed by atoms with Gasteiger partial charge in [0.05, 0.1) is 18.9 Å². The number of hydrogen-bond acceptors (Lipinski definition) is 3. The van der Waals surface area contributed by atoms with Crippen molar-refractivity contribution in [1.82, 2.24) is 0 Å². The topological polar surface area (TPSA) is 67.4 Å². The molecule has 0 unspecified atom stereocenters. The van der Waals surface area contributed by atoms with E-state index in [4.69, 9.17) is 4.74 Å². The molecule has 4 rings (SSSR count). The first-order valence-corrected chi connectivity index (χ1v) is 8.99. The Balaban J connectivity index is 1.50. The number of methoxy groups -OCH3 is 1. The highest BCUT2D eigenvalue weighted by molar-refractivity contribution is 6.07. The zero-order valence-corrected chi connectivity index (χ0v) is 14.8. The van der Waals surface area contributed by atoms with Crippen molar-refractivity contribution in [2.45, 2.75) is 37.5 Å². The number of ether oxygens (including phenoxy) is 1. The zero-order chi connectivity index (χ0) is 18.1. The van der Waals surface area contributed by atoms with Gasteiger partial charge in [0.15, 0.2) is 0 Å². The summed E-state index contributed by atoms with van der Waals surface area (Å²) >= 11 is 0. The maximum absolute atomic E-state index is 12.5. The van der Waals surface area contributed by atoms with Crippen molar-refractivity contribution in [2.75, 3.05) is 17.7 Å². The summed E-state index contributed by atoms with van der Waals surface area (Å²) in [7, 11) is 1.62. The van der Waals surface area contributed by atoms with Crippen LogP contribution in [0.5, 0.6) is 5.75 Å². The van der Waals surface area contributed by atoms with E-state index in [1.807, 2.05) is 42.5 Å². The molecule has 1 fully saturated rings. The minimum Gasteiger partial charge on any atom is -0.497 e. The van der Waals surface area contributed by atoms with E-state index >= 15 is 0 Å². The number of anilines is 2. The minimum atomic E-state index is -0.397. The molecule has 0 radical (unpaired) electrons. The third-order valence-electron chi connectivity index (χ3n) is 5.48. The van der Waals surface area contributed by atoms with Gasteiger partial charge in [-0.05, 0) is 54.3 Å². The van der Waals surface area contributed by atoms with Crippen molar-refractivity contribution in [3.63, 3.8) is 0 Å². The van der Waals surface area contributed by atoms with Crippen LogP contribution < -0.4 is 15.4 Å².